The molecule has 20 heavy (non-hydrogen) atoms. The minimum atomic E-state index is -1.01. The van der Waals surface area contributed by atoms with Crippen molar-refractivity contribution in [2.75, 3.05) is 13.7 Å². The van der Waals surface area contributed by atoms with Crippen molar-refractivity contribution in [3.05, 3.63) is 0 Å². The van der Waals surface area contributed by atoms with Gasteiger partial charge in [-0.3, -0.25) is 0 Å². The Kier molecular flexibility index (Phi) is 3.81. The zero-order valence-electron chi connectivity index (χ0n) is 12.6. The lowest BCUT2D eigenvalue weighted by Crippen LogP contribution is -2.56. The minimum absolute atomic E-state index is 0.0563. The van der Waals surface area contributed by atoms with Gasteiger partial charge in [0, 0.05) is 18.3 Å². The highest BCUT2D eigenvalue weighted by Crippen LogP contribution is 2.53. The van der Waals surface area contributed by atoms with Crippen molar-refractivity contribution >= 4 is 11.9 Å². The lowest BCUT2D eigenvalue weighted by atomic mass is 9.80. The van der Waals surface area contributed by atoms with Crippen LogP contribution in [0.1, 0.15) is 34.1 Å². The summed E-state index contributed by atoms with van der Waals surface area (Å²) in [6.45, 7) is 8.22. The summed E-state index contributed by atoms with van der Waals surface area (Å²) in [6, 6.07) is 0. The van der Waals surface area contributed by atoms with Crippen molar-refractivity contribution in [1.29, 1.82) is 0 Å². The summed E-state index contributed by atoms with van der Waals surface area (Å²) < 4.78 is 21.8. The van der Waals surface area contributed by atoms with Crippen LogP contribution in [-0.2, 0) is 28.5 Å². The molecule has 0 spiro atoms. The van der Waals surface area contributed by atoms with E-state index in [0.717, 1.165) is 7.11 Å². The van der Waals surface area contributed by atoms with E-state index in [1.165, 1.54) is 0 Å². The van der Waals surface area contributed by atoms with E-state index in [0.29, 0.717) is 13.0 Å². The van der Waals surface area contributed by atoms with Crippen LogP contribution in [0.15, 0.2) is 0 Å². The van der Waals surface area contributed by atoms with Crippen LogP contribution in [0.4, 0.5) is 0 Å². The first-order chi connectivity index (χ1) is 9.31. The SMILES string of the molecule is CCC12OCC(C)C(O1)C(C)[C@@]2(C)OC(=O)C(=O)OC. The van der Waals surface area contributed by atoms with Crippen LogP contribution in [-0.4, -0.2) is 43.1 Å². The summed E-state index contributed by atoms with van der Waals surface area (Å²) in [7, 11) is 1.15. The van der Waals surface area contributed by atoms with Crippen LogP contribution in [0, 0.1) is 11.8 Å². The number of methoxy groups -OCH3 is 1. The fourth-order valence-electron chi connectivity index (χ4n) is 3.27. The second kappa shape index (κ2) is 5.00. The van der Waals surface area contributed by atoms with Gasteiger partial charge in [-0.15, -0.1) is 0 Å². The number of rotatable bonds is 2. The van der Waals surface area contributed by atoms with Crippen LogP contribution < -0.4 is 0 Å². The summed E-state index contributed by atoms with van der Waals surface area (Å²) in [5.41, 5.74) is -1.01. The zero-order valence-corrected chi connectivity index (χ0v) is 12.6. The van der Waals surface area contributed by atoms with Gasteiger partial charge in [0.25, 0.3) is 0 Å². The van der Waals surface area contributed by atoms with Gasteiger partial charge in [-0.1, -0.05) is 20.8 Å². The van der Waals surface area contributed by atoms with Crippen LogP contribution in [0.3, 0.4) is 0 Å². The Hall–Kier alpha value is -1.14. The van der Waals surface area contributed by atoms with E-state index in [1.807, 2.05) is 20.8 Å². The summed E-state index contributed by atoms with van der Waals surface area (Å²) >= 11 is 0. The molecule has 0 radical (unpaired) electrons. The highest BCUT2D eigenvalue weighted by Gasteiger charge is 2.67. The summed E-state index contributed by atoms with van der Waals surface area (Å²) in [5.74, 6) is -2.88. The minimum Gasteiger partial charge on any atom is -0.461 e. The number of carbonyl (C=O) groups excluding carboxylic acids is 2. The Labute approximate surface area is 118 Å². The molecule has 2 fully saturated rings. The maximum atomic E-state index is 11.8. The van der Waals surface area contributed by atoms with Crippen LogP contribution >= 0.6 is 0 Å². The Morgan fingerprint density at radius 2 is 1.95 bits per heavy atom. The Morgan fingerprint density at radius 3 is 2.50 bits per heavy atom. The van der Waals surface area contributed by atoms with Gasteiger partial charge in [-0.25, -0.2) is 9.59 Å². The molecule has 2 rings (SSSR count). The van der Waals surface area contributed by atoms with E-state index in [1.54, 1.807) is 6.92 Å². The third-order valence-corrected chi connectivity index (χ3v) is 4.71. The largest absolute Gasteiger partial charge is 0.461 e. The van der Waals surface area contributed by atoms with Gasteiger partial charge in [0.2, 0.25) is 5.79 Å². The molecular formula is C14H22O6. The molecule has 0 aromatic rings. The normalized spacial score (nSPS) is 43.1. The number of carbonyl (C=O) groups is 2. The van der Waals surface area contributed by atoms with Crippen molar-refractivity contribution in [2.24, 2.45) is 11.8 Å². The first-order valence-corrected chi connectivity index (χ1v) is 6.94. The standard InChI is InChI=1S/C14H22O6/c1-6-14-13(4,20-12(16)11(15)17-5)9(3)10(19-14)8(2)7-18-14/h8-10H,6-7H2,1-5H3/t8?,9?,10?,13-,14?/m1/s1. The van der Waals surface area contributed by atoms with E-state index in [4.69, 9.17) is 14.2 Å². The van der Waals surface area contributed by atoms with Gasteiger partial charge in [-0.2, -0.15) is 0 Å². The molecule has 4 unspecified atom stereocenters. The van der Waals surface area contributed by atoms with Crippen LogP contribution in [0.5, 0.6) is 0 Å². The first-order valence-electron chi connectivity index (χ1n) is 6.94. The van der Waals surface area contributed by atoms with Gasteiger partial charge in [0.1, 0.15) is 0 Å². The quantitative estimate of drug-likeness (QED) is 0.562. The molecule has 6 nitrogen and oxygen atoms in total. The molecule has 2 heterocycles. The number of fused-ring (bicyclic) bond motifs is 2. The fraction of sp³-hybridized carbons (Fsp3) is 0.857. The van der Waals surface area contributed by atoms with Gasteiger partial charge >= 0.3 is 11.9 Å². The van der Waals surface area contributed by atoms with Crippen molar-refractivity contribution < 1.29 is 28.5 Å². The van der Waals surface area contributed by atoms with Crippen LogP contribution in [0.25, 0.3) is 0 Å². The summed E-state index contributed by atoms with van der Waals surface area (Å²) in [6.07, 6.45) is 0.477. The smallest absolute Gasteiger partial charge is 0.418 e. The maximum Gasteiger partial charge on any atom is 0.418 e. The van der Waals surface area contributed by atoms with Gasteiger partial charge in [0.05, 0.1) is 19.8 Å². The fourth-order valence-corrected chi connectivity index (χ4v) is 3.27. The number of hydrogen-bond donors (Lipinski definition) is 0. The number of hydrogen-bond acceptors (Lipinski definition) is 6. The molecule has 2 bridgehead atoms. The lowest BCUT2D eigenvalue weighted by molar-refractivity contribution is -0.320. The van der Waals surface area contributed by atoms with Crippen molar-refractivity contribution in [3.8, 4) is 0 Å². The predicted octanol–water partition coefficient (Wildman–Crippen LogP) is 1.27. The van der Waals surface area contributed by atoms with Gasteiger partial charge in [0.15, 0.2) is 5.60 Å². The Balaban J connectivity index is 2.32. The third kappa shape index (κ3) is 1.93. The molecule has 0 aliphatic carbocycles. The zero-order chi connectivity index (χ0) is 15.1. The maximum absolute atomic E-state index is 11.8. The molecule has 0 saturated carbocycles. The average molecular weight is 286 g/mol. The van der Waals surface area contributed by atoms with Crippen LogP contribution in [0.2, 0.25) is 0 Å². The first kappa shape index (κ1) is 15.3. The monoisotopic (exact) mass is 286 g/mol. The summed E-state index contributed by atoms with van der Waals surface area (Å²) in [4.78, 5) is 23.1. The molecule has 6 heteroatoms. The van der Waals surface area contributed by atoms with Gasteiger partial charge in [-0.05, 0) is 6.92 Å². The van der Waals surface area contributed by atoms with E-state index < -0.39 is 23.3 Å². The second-order valence-corrected chi connectivity index (χ2v) is 5.75. The predicted molar refractivity (Wildman–Crippen MR) is 68.7 cm³/mol. The van der Waals surface area contributed by atoms with E-state index in [9.17, 15) is 9.59 Å². The molecule has 2 saturated heterocycles. The van der Waals surface area contributed by atoms with Crippen molar-refractivity contribution in [1.82, 2.24) is 0 Å². The van der Waals surface area contributed by atoms with Crippen molar-refractivity contribution in [3.63, 3.8) is 0 Å². The average Bonchev–Trinajstić information content (AvgIpc) is 2.62. The molecule has 0 aromatic heterocycles. The Bertz CT molecular complexity index is 422. The Morgan fingerprint density at radius 1 is 1.30 bits per heavy atom. The molecule has 114 valence electrons. The molecular weight excluding hydrogens is 264 g/mol. The topological polar surface area (TPSA) is 71.1 Å². The molecule has 5 atom stereocenters. The number of ether oxygens (including phenoxy) is 4. The van der Waals surface area contributed by atoms with Gasteiger partial charge < -0.3 is 18.9 Å². The highest BCUT2D eigenvalue weighted by atomic mass is 16.8. The summed E-state index contributed by atoms with van der Waals surface area (Å²) in [5, 5.41) is 0. The van der Waals surface area contributed by atoms with E-state index >= 15 is 0 Å². The van der Waals surface area contributed by atoms with E-state index in [-0.39, 0.29) is 17.9 Å². The molecule has 0 N–H and O–H groups in total. The molecule has 2 aliphatic rings. The molecule has 0 amide bonds. The highest BCUT2D eigenvalue weighted by molar-refractivity contribution is 6.29. The molecule has 0 aromatic carbocycles. The van der Waals surface area contributed by atoms with Crippen molar-refractivity contribution in [2.45, 2.75) is 51.6 Å². The lowest BCUT2D eigenvalue weighted by Gasteiger charge is -2.42. The van der Waals surface area contributed by atoms with E-state index in [2.05, 4.69) is 4.74 Å². The molecule has 2 aliphatic heterocycles. The number of esters is 2. The third-order valence-electron chi connectivity index (χ3n) is 4.71. The second-order valence-electron chi connectivity index (χ2n) is 5.75.